The van der Waals surface area contributed by atoms with Gasteiger partial charge in [0.05, 0.1) is 11.8 Å². The van der Waals surface area contributed by atoms with Crippen LogP contribution in [0, 0.1) is 11.8 Å². The van der Waals surface area contributed by atoms with Crippen molar-refractivity contribution >= 4 is 11.8 Å². The molecule has 2 atom stereocenters. The summed E-state index contributed by atoms with van der Waals surface area (Å²) in [6.45, 7) is 3.61. The van der Waals surface area contributed by atoms with E-state index in [1.807, 2.05) is 9.80 Å². The molecule has 0 aromatic carbocycles. The predicted molar refractivity (Wildman–Crippen MR) is 67.8 cm³/mol. The summed E-state index contributed by atoms with van der Waals surface area (Å²) in [4.78, 5) is 28.3. The van der Waals surface area contributed by atoms with Crippen LogP contribution in [-0.2, 0) is 9.59 Å². The van der Waals surface area contributed by atoms with E-state index in [9.17, 15) is 9.59 Å². The van der Waals surface area contributed by atoms with Gasteiger partial charge in [0.15, 0.2) is 0 Å². The summed E-state index contributed by atoms with van der Waals surface area (Å²) < 4.78 is 0. The van der Waals surface area contributed by atoms with Crippen molar-refractivity contribution in [3.05, 3.63) is 0 Å². The maximum Gasteiger partial charge on any atom is 0.226 e. The molecule has 2 unspecified atom stereocenters. The van der Waals surface area contributed by atoms with Crippen molar-refractivity contribution in [3.63, 3.8) is 0 Å². The third kappa shape index (κ3) is 2.25. The summed E-state index contributed by atoms with van der Waals surface area (Å²) in [5.41, 5.74) is 0. The molecule has 0 bridgehead atoms. The molecule has 2 saturated heterocycles. The molecule has 3 aliphatic rings. The zero-order valence-corrected chi connectivity index (χ0v) is 10.9. The predicted octanol–water partition coefficient (Wildman–Crippen LogP) is 1.26. The molecule has 100 valence electrons. The van der Waals surface area contributed by atoms with Gasteiger partial charge in [-0.2, -0.15) is 0 Å². The SMILES string of the molecule is O=C(C1CC1C(=O)N1CCCC1)N1CCCCC1. The first kappa shape index (κ1) is 12.0. The fraction of sp³-hybridized carbons (Fsp3) is 0.857. The van der Waals surface area contributed by atoms with E-state index in [0.717, 1.165) is 58.3 Å². The molecule has 0 aromatic heterocycles. The van der Waals surface area contributed by atoms with Crippen LogP contribution in [0.3, 0.4) is 0 Å². The van der Waals surface area contributed by atoms with Crippen molar-refractivity contribution in [3.8, 4) is 0 Å². The minimum atomic E-state index is 0.0104. The third-order valence-corrected chi connectivity index (χ3v) is 4.51. The summed E-state index contributed by atoms with van der Waals surface area (Å²) in [5.74, 6) is 0.504. The fourth-order valence-electron chi connectivity index (χ4n) is 3.26. The maximum atomic E-state index is 12.2. The van der Waals surface area contributed by atoms with Crippen LogP contribution in [0.2, 0.25) is 0 Å². The smallest absolute Gasteiger partial charge is 0.226 e. The molecule has 2 amide bonds. The van der Waals surface area contributed by atoms with Crippen molar-refractivity contribution in [1.82, 2.24) is 9.80 Å². The number of carbonyl (C=O) groups is 2. The quantitative estimate of drug-likeness (QED) is 0.740. The number of nitrogens with zero attached hydrogens (tertiary/aromatic N) is 2. The Balaban J connectivity index is 1.53. The normalized spacial score (nSPS) is 31.6. The van der Waals surface area contributed by atoms with Crippen LogP contribution in [0.5, 0.6) is 0 Å². The first-order valence-electron chi connectivity index (χ1n) is 7.35. The Morgan fingerprint density at radius 1 is 0.667 bits per heavy atom. The largest absolute Gasteiger partial charge is 0.342 e. The number of rotatable bonds is 2. The Hall–Kier alpha value is -1.06. The number of hydrogen-bond acceptors (Lipinski definition) is 2. The molecular formula is C14H22N2O2. The molecule has 4 nitrogen and oxygen atoms in total. The first-order chi connectivity index (χ1) is 8.77. The van der Waals surface area contributed by atoms with E-state index >= 15 is 0 Å². The Morgan fingerprint density at radius 3 is 1.50 bits per heavy atom. The first-order valence-corrected chi connectivity index (χ1v) is 7.35. The van der Waals surface area contributed by atoms with Crippen molar-refractivity contribution in [2.45, 2.75) is 38.5 Å². The molecule has 2 aliphatic heterocycles. The molecule has 0 radical (unpaired) electrons. The average molecular weight is 250 g/mol. The summed E-state index contributed by atoms with van der Waals surface area (Å²) >= 11 is 0. The van der Waals surface area contributed by atoms with Gasteiger partial charge >= 0.3 is 0 Å². The molecule has 2 heterocycles. The van der Waals surface area contributed by atoms with Crippen LogP contribution < -0.4 is 0 Å². The number of piperidine rings is 1. The van der Waals surface area contributed by atoms with E-state index in [4.69, 9.17) is 0 Å². The second kappa shape index (κ2) is 4.90. The lowest BCUT2D eigenvalue weighted by molar-refractivity contribution is -0.138. The molecule has 0 aromatic rings. The number of amides is 2. The summed E-state index contributed by atoms with van der Waals surface area (Å²) in [7, 11) is 0. The molecule has 3 rings (SSSR count). The van der Waals surface area contributed by atoms with Gasteiger partial charge in [-0.15, -0.1) is 0 Å². The van der Waals surface area contributed by atoms with Crippen LogP contribution in [-0.4, -0.2) is 47.8 Å². The third-order valence-electron chi connectivity index (χ3n) is 4.51. The van der Waals surface area contributed by atoms with Crippen LogP contribution in [0.25, 0.3) is 0 Å². The minimum absolute atomic E-state index is 0.0104. The average Bonchev–Trinajstić information content (AvgIpc) is 3.03. The Bertz CT molecular complexity index is 344. The summed E-state index contributed by atoms with van der Waals surface area (Å²) in [5, 5.41) is 0. The molecule has 0 N–H and O–H groups in total. The zero-order valence-electron chi connectivity index (χ0n) is 10.9. The van der Waals surface area contributed by atoms with E-state index in [-0.39, 0.29) is 23.7 Å². The molecular weight excluding hydrogens is 228 g/mol. The minimum Gasteiger partial charge on any atom is -0.342 e. The molecule has 0 spiro atoms. The Kier molecular flexibility index (Phi) is 3.27. The standard InChI is InChI=1S/C14H22N2O2/c17-13(15-6-2-1-3-7-15)11-10-12(11)14(18)16-8-4-5-9-16/h11-12H,1-10H2. The highest BCUT2D eigenvalue weighted by Crippen LogP contribution is 2.42. The molecule has 1 aliphatic carbocycles. The second-order valence-electron chi connectivity index (χ2n) is 5.87. The number of carbonyl (C=O) groups excluding carboxylic acids is 2. The number of likely N-dealkylation sites (tertiary alicyclic amines) is 2. The fourth-order valence-corrected chi connectivity index (χ4v) is 3.26. The topological polar surface area (TPSA) is 40.6 Å². The van der Waals surface area contributed by atoms with Gasteiger partial charge in [0.25, 0.3) is 0 Å². The van der Waals surface area contributed by atoms with Gasteiger partial charge in [-0.3, -0.25) is 9.59 Å². The van der Waals surface area contributed by atoms with Crippen molar-refractivity contribution in [2.24, 2.45) is 11.8 Å². The monoisotopic (exact) mass is 250 g/mol. The highest BCUT2D eigenvalue weighted by atomic mass is 16.2. The number of hydrogen-bond donors (Lipinski definition) is 0. The summed E-state index contributed by atoms with van der Waals surface area (Å²) in [6, 6.07) is 0. The molecule has 4 heteroatoms. The Labute approximate surface area is 108 Å². The van der Waals surface area contributed by atoms with E-state index in [2.05, 4.69) is 0 Å². The van der Waals surface area contributed by atoms with Crippen molar-refractivity contribution < 1.29 is 9.59 Å². The van der Waals surface area contributed by atoms with Crippen LogP contribution in [0.4, 0.5) is 0 Å². The van der Waals surface area contributed by atoms with E-state index in [1.165, 1.54) is 6.42 Å². The van der Waals surface area contributed by atoms with Gasteiger partial charge in [0, 0.05) is 26.2 Å². The highest BCUT2D eigenvalue weighted by Gasteiger charge is 2.51. The van der Waals surface area contributed by atoms with Crippen molar-refractivity contribution in [2.75, 3.05) is 26.2 Å². The van der Waals surface area contributed by atoms with Gasteiger partial charge in [0.2, 0.25) is 11.8 Å². The van der Waals surface area contributed by atoms with Gasteiger partial charge in [-0.25, -0.2) is 0 Å². The van der Waals surface area contributed by atoms with Gasteiger partial charge in [-0.1, -0.05) is 0 Å². The van der Waals surface area contributed by atoms with E-state index in [1.54, 1.807) is 0 Å². The van der Waals surface area contributed by atoms with Gasteiger partial charge in [0.1, 0.15) is 0 Å². The summed E-state index contributed by atoms with van der Waals surface area (Å²) in [6.07, 6.45) is 6.55. The lowest BCUT2D eigenvalue weighted by atomic mass is 10.1. The Morgan fingerprint density at radius 2 is 1.06 bits per heavy atom. The molecule has 18 heavy (non-hydrogen) atoms. The second-order valence-corrected chi connectivity index (χ2v) is 5.87. The van der Waals surface area contributed by atoms with Crippen LogP contribution in [0.1, 0.15) is 38.5 Å². The molecule has 3 fully saturated rings. The molecule has 1 saturated carbocycles. The van der Waals surface area contributed by atoms with Crippen LogP contribution >= 0.6 is 0 Å². The van der Waals surface area contributed by atoms with Crippen molar-refractivity contribution in [1.29, 1.82) is 0 Å². The zero-order chi connectivity index (χ0) is 12.5. The lowest BCUT2D eigenvalue weighted by Crippen LogP contribution is -2.38. The van der Waals surface area contributed by atoms with E-state index in [0.29, 0.717) is 0 Å². The highest BCUT2D eigenvalue weighted by molar-refractivity contribution is 5.92. The lowest BCUT2D eigenvalue weighted by Gasteiger charge is -2.27. The van der Waals surface area contributed by atoms with Crippen LogP contribution in [0.15, 0.2) is 0 Å². The maximum absolute atomic E-state index is 12.2. The van der Waals surface area contributed by atoms with E-state index < -0.39 is 0 Å². The van der Waals surface area contributed by atoms with Gasteiger partial charge < -0.3 is 9.80 Å². The van der Waals surface area contributed by atoms with Gasteiger partial charge in [-0.05, 0) is 38.5 Å².